The minimum Gasteiger partial charge on any atom is -0.330 e. The Bertz CT molecular complexity index is 431. The fourth-order valence-electron chi connectivity index (χ4n) is 2.29. The third kappa shape index (κ3) is 6.01. The average molecular weight is 342 g/mol. The highest BCUT2D eigenvalue weighted by atomic mass is 79.9. The quantitative estimate of drug-likeness (QED) is 0.709. The molecule has 0 saturated carbocycles. The molecule has 1 heterocycles. The summed E-state index contributed by atoms with van der Waals surface area (Å²) in [5, 5.41) is 2.92. The lowest BCUT2D eigenvalue weighted by Crippen LogP contribution is -2.16. The van der Waals surface area contributed by atoms with Gasteiger partial charge in [0.1, 0.15) is 4.60 Å². The number of hydrogen-bond donors (Lipinski definition) is 2. The summed E-state index contributed by atoms with van der Waals surface area (Å²) in [6.45, 7) is 4.75. The fourth-order valence-corrected chi connectivity index (χ4v) is 2.69. The maximum atomic E-state index is 12.0. The highest BCUT2D eigenvalue weighted by Gasteiger charge is 2.11. The Labute approximate surface area is 129 Å². The van der Waals surface area contributed by atoms with E-state index in [-0.39, 0.29) is 5.91 Å². The maximum absolute atomic E-state index is 12.0. The first kappa shape index (κ1) is 17.1. The van der Waals surface area contributed by atoms with E-state index in [1.165, 1.54) is 0 Å². The van der Waals surface area contributed by atoms with E-state index in [0.29, 0.717) is 18.9 Å². The first-order chi connectivity index (χ1) is 9.56. The van der Waals surface area contributed by atoms with Gasteiger partial charge >= 0.3 is 0 Å². The van der Waals surface area contributed by atoms with Crippen LogP contribution in [0.25, 0.3) is 0 Å². The molecule has 0 aliphatic carbocycles. The third-order valence-electron chi connectivity index (χ3n) is 3.38. The molecule has 112 valence electrons. The van der Waals surface area contributed by atoms with Crippen molar-refractivity contribution in [2.45, 2.75) is 46.0 Å². The van der Waals surface area contributed by atoms with Gasteiger partial charge in [-0.3, -0.25) is 4.79 Å². The minimum atomic E-state index is 0.0512. The smallest absolute Gasteiger partial charge is 0.224 e. The van der Waals surface area contributed by atoms with Crippen LogP contribution in [-0.2, 0) is 4.79 Å². The van der Waals surface area contributed by atoms with Crippen LogP contribution in [0.5, 0.6) is 0 Å². The van der Waals surface area contributed by atoms with Crippen molar-refractivity contribution < 1.29 is 4.79 Å². The summed E-state index contributed by atoms with van der Waals surface area (Å²) in [6.07, 6.45) is 4.73. The number of carbonyl (C=O) groups excluding carboxylic acids is 1. The zero-order valence-electron chi connectivity index (χ0n) is 12.3. The second-order valence-corrected chi connectivity index (χ2v) is 5.90. The summed E-state index contributed by atoms with van der Waals surface area (Å²) < 4.78 is 0.777. The Balaban J connectivity index is 2.46. The van der Waals surface area contributed by atoms with Gasteiger partial charge in [0.05, 0.1) is 11.4 Å². The molecule has 0 radical (unpaired) electrons. The van der Waals surface area contributed by atoms with Gasteiger partial charge in [-0.25, -0.2) is 4.98 Å². The summed E-state index contributed by atoms with van der Waals surface area (Å²) in [7, 11) is 0. The molecule has 3 N–H and O–H groups in total. The van der Waals surface area contributed by atoms with Gasteiger partial charge in [0.2, 0.25) is 5.91 Å². The molecule has 4 nitrogen and oxygen atoms in total. The number of nitrogens with one attached hydrogen (secondary N) is 1. The number of aromatic nitrogens is 1. The Hall–Kier alpha value is -0.940. The molecular formula is C15H24BrN3O. The van der Waals surface area contributed by atoms with E-state index in [2.05, 4.69) is 33.2 Å². The lowest BCUT2D eigenvalue weighted by atomic mass is 9.94. The highest BCUT2D eigenvalue weighted by Crippen LogP contribution is 2.19. The van der Waals surface area contributed by atoms with Crippen LogP contribution in [0.4, 0.5) is 5.69 Å². The van der Waals surface area contributed by atoms with E-state index in [0.717, 1.165) is 41.7 Å². The first-order valence-electron chi connectivity index (χ1n) is 7.19. The summed E-state index contributed by atoms with van der Waals surface area (Å²) in [5.74, 6) is 0.607. The number of carbonyl (C=O) groups is 1. The molecule has 0 saturated heterocycles. The number of aryl methyl sites for hydroxylation is 1. The maximum Gasteiger partial charge on any atom is 0.224 e. The number of nitrogens with zero attached hydrogens (tertiary/aromatic N) is 1. The number of rotatable bonds is 8. The number of nitrogens with two attached hydrogens (primary N) is 1. The molecular weight excluding hydrogens is 318 g/mol. The van der Waals surface area contributed by atoms with E-state index < -0.39 is 0 Å². The average Bonchev–Trinajstić information content (AvgIpc) is 2.40. The van der Waals surface area contributed by atoms with Crippen molar-refractivity contribution in [2.24, 2.45) is 11.7 Å². The van der Waals surface area contributed by atoms with Crippen molar-refractivity contribution in [3.8, 4) is 0 Å². The Kier molecular flexibility index (Phi) is 7.77. The van der Waals surface area contributed by atoms with Crippen molar-refractivity contribution in [1.82, 2.24) is 4.98 Å². The van der Waals surface area contributed by atoms with Gasteiger partial charge in [0.25, 0.3) is 0 Å². The second kappa shape index (κ2) is 9.08. The zero-order valence-corrected chi connectivity index (χ0v) is 13.9. The number of halogens is 1. The zero-order chi connectivity index (χ0) is 15.0. The number of pyridine rings is 1. The molecule has 1 amide bonds. The van der Waals surface area contributed by atoms with Gasteiger partial charge in [0, 0.05) is 6.42 Å². The minimum absolute atomic E-state index is 0.0512. The van der Waals surface area contributed by atoms with Gasteiger partial charge in [-0.05, 0) is 60.3 Å². The van der Waals surface area contributed by atoms with Crippen LogP contribution < -0.4 is 11.1 Å². The molecule has 0 aliphatic rings. The Morgan fingerprint density at radius 3 is 2.75 bits per heavy atom. The van der Waals surface area contributed by atoms with Crippen LogP contribution in [0.15, 0.2) is 16.7 Å². The van der Waals surface area contributed by atoms with Gasteiger partial charge < -0.3 is 11.1 Å². The summed E-state index contributed by atoms with van der Waals surface area (Å²) in [5.41, 5.74) is 7.21. The number of amides is 1. The van der Waals surface area contributed by atoms with E-state index in [9.17, 15) is 4.79 Å². The van der Waals surface area contributed by atoms with E-state index in [4.69, 9.17) is 5.73 Å². The molecule has 20 heavy (non-hydrogen) atoms. The SMILES string of the molecule is CCCC(CCN)CCC(=O)Nc1ccc(Br)nc1C. The van der Waals surface area contributed by atoms with E-state index in [1.807, 2.05) is 19.1 Å². The summed E-state index contributed by atoms with van der Waals surface area (Å²) >= 11 is 3.31. The molecule has 0 bridgehead atoms. The molecule has 0 fully saturated rings. The van der Waals surface area contributed by atoms with Crippen molar-refractivity contribution >= 4 is 27.5 Å². The third-order valence-corrected chi connectivity index (χ3v) is 3.82. The molecule has 0 aliphatic heterocycles. The number of anilines is 1. The van der Waals surface area contributed by atoms with Gasteiger partial charge in [-0.15, -0.1) is 0 Å². The van der Waals surface area contributed by atoms with Crippen LogP contribution in [-0.4, -0.2) is 17.4 Å². The highest BCUT2D eigenvalue weighted by molar-refractivity contribution is 9.10. The fraction of sp³-hybridized carbons (Fsp3) is 0.600. The second-order valence-electron chi connectivity index (χ2n) is 5.09. The predicted octanol–water partition coefficient (Wildman–Crippen LogP) is 3.64. The lowest BCUT2D eigenvalue weighted by Gasteiger charge is -2.15. The van der Waals surface area contributed by atoms with Crippen molar-refractivity contribution in [3.63, 3.8) is 0 Å². The normalized spacial score (nSPS) is 12.2. The van der Waals surface area contributed by atoms with Crippen molar-refractivity contribution in [3.05, 3.63) is 22.4 Å². The van der Waals surface area contributed by atoms with E-state index in [1.54, 1.807) is 0 Å². The standard InChI is InChI=1S/C15H24BrN3O/c1-3-4-12(9-10-17)5-8-15(20)19-13-6-7-14(16)18-11(13)2/h6-7,12H,3-5,8-10,17H2,1-2H3,(H,19,20). The molecule has 5 heteroatoms. The van der Waals surface area contributed by atoms with Gasteiger partial charge in [0.15, 0.2) is 0 Å². The largest absolute Gasteiger partial charge is 0.330 e. The predicted molar refractivity (Wildman–Crippen MR) is 86.6 cm³/mol. The molecule has 1 atom stereocenters. The lowest BCUT2D eigenvalue weighted by molar-refractivity contribution is -0.116. The van der Waals surface area contributed by atoms with Crippen LogP contribution in [0.2, 0.25) is 0 Å². The summed E-state index contributed by atoms with van der Waals surface area (Å²) in [6, 6.07) is 3.70. The van der Waals surface area contributed by atoms with Crippen molar-refractivity contribution in [1.29, 1.82) is 0 Å². The van der Waals surface area contributed by atoms with E-state index >= 15 is 0 Å². The van der Waals surface area contributed by atoms with Gasteiger partial charge in [-0.2, -0.15) is 0 Å². The first-order valence-corrected chi connectivity index (χ1v) is 7.99. The van der Waals surface area contributed by atoms with Crippen LogP contribution in [0, 0.1) is 12.8 Å². The van der Waals surface area contributed by atoms with Crippen LogP contribution >= 0.6 is 15.9 Å². The molecule has 1 unspecified atom stereocenters. The molecule has 1 aromatic heterocycles. The molecule has 0 spiro atoms. The van der Waals surface area contributed by atoms with Crippen molar-refractivity contribution in [2.75, 3.05) is 11.9 Å². The summed E-state index contributed by atoms with van der Waals surface area (Å²) in [4.78, 5) is 16.2. The monoisotopic (exact) mass is 341 g/mol. The number of hydrogen-bond acceptors (Lipinski definition) is 3. The topological polar surface area (TPSA) is 68.0 Å². The Morgan fingerprint density at radius 2 is 2.15 bits per heavy atom. The van der Waals surface area contributed by atoms with Crippen LogP contribution in [0.3, 0.4) is 0 Å². The molecule has 1 aromatic rings. The van der Waals surface area contributed by atoms with Gasteiger partial charge in [-0.1, -0.05) is 19.8 Å². The van der Waals surface area contributed by atoms with Crippen LogP contribution in [0.1, 0.15) is 44.7 Å². The Morgan fingerprint density at radius 1 is 1.40 bits per heavy atom. The molecule has 0 aromatic carbocycles. The molecule has 1 rings (SSSR count).